The number of piperazine rings is 1. The predicted molar refractivity (Wildman–Crippen MR) is 105 cm³/mol. The van der Waals surface area contributed by atoms with Crippen LogP contribution in [0.1, 0.15) is 5.56 Å². The van der Waals surface area contributed by atoms with Crippen molar-refractivity contribution in [1.82, 2.24) is 9.62 Å². The summed E-state index contributed by atoms with van der Waals surface area (Å²) in [5.74, 6) is 0. The Kier molecular flexibility index (Phi) is 5.65. The van der Waals surface area contributed by atoms with Gasteiger partial charge in [0.25, 0.3) is 0 Å². The SMILES string of the molecule is CS(O)(c1ccc(-c2c(Cl)cc(N)cc2C(F)(F)F)cc1)N1CCNCC1. The van der Waals surface area contributed by atoms with E-state index in [0.29, 0.717) is 23.5 Å². The van der Waals surface area contributed by atoms with E-state index in [2.05, 4.69) is 5.32 Å². The maximum Gasteiger partial charge on any atom is 0.417 e. The molecule has 0 aromatic heterocycles. The second-order valence-corrected chi connectivity index (χ2v) is 9.52. The molecule has 1 aliphatic heterocycles. The Hall–Kier alpha value is -1.45. The Bertz CT molecular complexity index is 822. The number of nitrogen functional groups attached to an aromatic ring is 1. The number of nitrogens with zero attached hydrogens (tertiary/aromatic N) is 1. The summed E-state index contributed by atoms with van der Waals surface area (Å²) in [6.45, 7) is 3.01. The van der Waals surface area contributed by atoms with Crippen LogP contribution in [0.2, 0.25) is 5.02 Å². The fraction of sp³-hybridized carbons (Fsp3) is 0.333. The second kappa shape index (κ2) is 7.52. The number of anilines is 1. The molecule has 0 bridgehead atoms. The molecule has 1 atom stereocenters. The zero-order valence-electron chi connectivity index (χ0n) is 14.7. The minimum Gasteiger partial charge on any atom is -0.399 e. The van der Waals surface area contributed by atoms with Gasteiger partial charge >= 0.3 is 6.18 Å². The molecule has 9 heteroatoms. The molecule has 2 aromatic rings. The van der Waals surface area contributed by atoms with Crippen LogP contribution in [0, 0.1) is 0 Å². The number of hydrogen-bond acceptors (Lipinski definition) is 4. The Morgan fingerprint density at radius 2 is 1.74 bits per heavy atom. The Morgan fingerprint density at radius 1 is 1.15 bits per heavy atom. The first-order valence-electron chi connectivity index (χ1n) is 8.34. The van der Waals surface area contributed by atoms with E-state index >= 15 is 0 Å². The number of rotatable bonds is 3. The van der Waals surface area contributed by atoms with Crippen LogP contribution in [-0.2, 0) is 6.18 Å². The molecule has 4 nitrogen and oxygen atoms in total. The molecule has 1 fully saturated rings. The smallest absolute Gasteiger partial charge is 0.399 e. The molecular formula is C18H21ClF3N3OS. The van der Waals surface area contributed by atoms with Gasteiger partial charge in [0.05, 0.1) is 10.6 Å². The van der Waals surface area contributed by atoms with Crippen molar-refractivity contribution in [1.29, 1.82) is 0 Å². The summed E-state index contributed by atoms with van der Waals surface area (Å²) in [6, 6.07) is 8.65. The van der Waals surface area contributed by atoms with Crippen molar-refractivity contribution in [3.05, 3.63) is 47.0 Å². The van der Waals surface area contributed by atoms with Crippen LogP contribution in [0.3, 0.4) is 0 Å². The first-order chi connectivity index (χ1) is 12.6. The zero-order chi connectivity index (χ0) is 19.8. The summed E-state index contributed by atoms with van der Waals surface area (Å²) in [6.07, 6.45) is -2.81. The molecule has 1 unspecified atom stereocenters. The highest BCUT2D eigenvalue weighted by atomic mass is 35.5. The normalized spacial score (nSPS) is 19.5. The second-order valence-electron chi connectivity index (χ2n) is 6.46. The Morgan fingerprint density at radius 3 is 2.30 bits per heavy atom. The van der Waals surface area contributed by atoms with Crippen LogP contribution in [0.15, 0.2) is 41.3 Å². The van der Waals surface area contributed by atoms with Crippen molar-refractivity contribution in [2.24, 2.45) is 0 Å². The third-order valence-electron chi connectivity index (χ3n) is 4.59. The molecule has 3 rings (SSSR count). The van der Waals surface area contributed by atoms with Crippen LogP contribution in [0.5, 0.6) is 0 Å². The molecular weight excluding hydrogens is 399 g/mol. The summed E-state index contributed by atoms with van der Waals surface area (Å²) in [5.41, 5.74) is 4.84. The van der Waals surface area contributed by atoms with E-state index in [-0.39, 0.29) is 16.3 Å². The van der Waals surface area contributed by atoms with E-state index in [1.54, 1.807) is 30.5 Å². The van der Waals surface area contributed by atoms with E-state index in [1.807, 2.05) is 4.31 Å². The Balaban J connectivity index is 1.99. The van der Waals surface area contributed by atoms with E-state index < -0.39 is 22.2 Å². The monoisotopic (exact) mass is 419 g/mol. The van der Waals surface area contributed by atoms with Crippen molar-refractivity contribution < 1.29 is 17.7 Å². The highest BCUT2D eigenvalue weighted by Crippen LogP contribution is 2.52. The van der Waals surface area contributed by atoms with Gasteiger partial charge in [-0.05, 0) is 29.8 Å². The highest BCUT2D eigenvalue weighted by Gasteiger charge is 2.35. The summed E-state index contributed by atoms with van der Waals surface area (Å²) < 4.78 is 53.3. The van der Waals surface area contributed by atoms with Gasteiger partial charge < -0.3 is 15.6 Å². The molecule has 4 N–H and O–H groups in total. The summed E-state index contributed by atoms with van der Waals surface area (Å²) in [4.78, 5) is 0.688. The van der Waals surface area contributed by atoms with Gasteiger partial charge in [0.1, 0.15) is 0 Å². The maximum atomic E-state index is 13.4. The average molecular weight is 420 g/mol. The fourth-order valence-electron chi connectivity index (χ4n) is 3.17. The molecule has 0 aliphatic carbocycles. The fourth-order valence-corrected chi connectivity index (χ4v) is 5.35. The molecule has 1 heterocycles. The van der Waals surface area contributed by atoms with Crippen LogP contribution >= 0.6 is 22.1 Å². The van der Waals surface area contributed by atoms with Crippen LogP contribution in [-0.4, -0.2) is 41.3 Å². The van der Waals surface area contributed by atoms with Gasteiger partial charge in [-0.2, -0.15) is 13.2 Å². The number of benzene rings is 2. The molecule has 2 aromatic carbocycles. The maximum absolute atomic E-state index is 13.4. The minimum absolute atomic E-state index is 0.0428. The molecule has 1 saturated heterocycles. The lowest BCUT2D eigenvalue weighted by atomic mass is 9.98. The van der Waals surface area contributed by atoms with Crippen molar-refractivity contribution in [3.63, 3.8) is 0 Å². The average Bonchev–Trinajstić information content (AvgIpc) is 2.61. The molecule has 27 heavy (non-hydrogen) atoms. The van der Waals surface area contributed by atoms with Crippen LogP contribution < -0.4 is 11.1 Å². The van der Waals surface area contributed by atoms with Crippen molar-refractivity contribution in [2.75, 3.05) is 38.2 Å². The van der Waals surface area contributed by atoms with Gasteiger partial charge in [0, 0.05) is 48.6 Å². The van der Waals surface area contributed by atoms with Gasteiger partial charge in [-0.1, -0.05) is 34.2 Å². The third-order valence-corrected chi connectivity index (χ3v) is 7.42. The lowest BCUT2D eigenvalue weighted by Gasteiger charge is -2.43. The zero-order valence-corrected chi connectivity index (χ0v) is 16.3. The van der Waals surface area contributed by atoms with Crippen LogP contribution in [0.25, 0.3) is 11.1 Å². The molecule has 0 saturated carbocycles. The molecule has 148 valence electrons. The third kappa shape index (κ3) is 4.20. The quantitative estimate of drug-likeness (QED) is 0.631. The number of alkyl halides is 3. The molecule has 0 amide bonds. The summed E-state index contributed by atoms with van der Waals surface area (Å²) >= 11 is 6.09. The predicted octanol–water partition coefficient (Wildman–Crippen LogP) is 4.69. The van der Waals surface area contributed by atoms with Gasteiger partial charge in [-0.3, -0.25) is 0 Å². The number of halogens is 4. The highest BCUT2D eigenvalue weighted by molar-refractivity contribution is 8.26. The van der Waals surface area contributed by atoms with E-state index in [0.717, 1.165) is 19.2 Å². The van der Waals surface area contributed by atoms with Crippen LogP contribution in [0.4, 0.5) is 18.9 Å². The van der Waals surface area contributed by atoms with E-state index in [9.17, 15) is 17.7 Å². The first-order valence-corrected chi connectivity index (χ1v) is 10.7. The minimum atomic E-state index is -4.58. The topological polar surface area (TPSA) is 61.5 Å². The van der Waals surface area contributed by atoms with Gasteiger partial charge in [-0.25, -0.2) is 4.31 Å². The molecule has 0 radical (unpaired) electrons. The van der Waals surface area contributed by atoms with Gasteiger partial charge in [0.15, 0.2) is 0 Å². The number of nitrogens with one attached hydrogen (secondary N) is 1. The molecule has 1 aliphatic rings. The van der Waals surface area contributed by atoms with Crippen molar-refractivity contribution >= 4 is 27.8 Å². The number of hydrogen-bond donors (Lipinski definition) is 3. The van der Waals surface area contributed by atoms with E-state index in [4.69, 9.17) is 17.3 Å². The standard InChI is InChI=1S/C18H21ClF3N3OS/c1-27(26,25-8-6-24-7-9-25)14-4-2-12(3-5-14)17-15(18(20,21)22)10-13(23)11-16(17)19/h2-5,10-11,24,26H,6-9,23H2,1H3. The summed E-state index contributed by atoms with van der Waals surface area (Å²) in [7, 11) is -2.20. The summed E-state index contributed by atoms with van der Waals surface area (Å²) in [5, 5.41) is 3.17. The number of nitrogens with two attached hydrogens (primary N) is 1. The van der Waals surface area contributed by atoms with Gasteiger partial charge in [0.2, 0.25) is 0 Å². The lowest BCUT2D eigenvalue weighted by Crippen LogP contribution is -2.44. The van der Waals surface area contributed by atoms with Crippen molar-refractivity contribution in [2.45, 2.75) is 11.1 Å². The van der Waals surface area contributed by atoms with Crippen molar-refractivity contribution in [3.8, 4) is 11.1 Å². The molecule has 0 spiro atoms. The van der Waals surface area contributed by atoms with Gasteiger partial charge in [-0.15, -0.1) is 0 Å². The van der Waals surface area contributed by atoms with E-state index in [1.165, 1.54) is 6.07 Å². The first kappa shape index (κ1) is 20.3. The Labute approximate surface area is 162 Å². The largest absolute Gasteiger partial charge is 0.417 e. The lowest BCUT2D eigenvalue weighted by molar-refractivity contribution is -0.137.